The number of benzene rings is 1. The molecule has 1 fully saturated rings. The van der Waals surface area contributed by atoms with Crippen LogP contribution in [0.4, 0.5) is 5.69 Å². The molecule has 0 radical (unpaired) electrons. The van der Waals surface area contributed by atoms with E-state index in [1.807, 2.05) is 12.1 Å². The fourth-order valence-corrected chi connectivity index (χ4v) is 2.91. The number of hydrogen-bond acceptors (Lipinski definition) is 3. The number of rotatable bonds is 3. The second-order valence-corrected chi connectivity index (χ2v) is 5.67. The standard InChI is InChI=1S/C13H19BrN2O/c14-11-2-1-3-13(7-11)16-8-10(4-5-17)6-12(15)9-16/h1-3,7,10,12,17H,4-6,8-9,15H2. The summed E-state index contributed by atoms with van der Waals surface area (Å²) in [5, 5.41) is 9.04. The quantitative estimate of drug-likeness (QED) is 0.897. The molecule has 17 heavy (non-hydrogen) atoms. The van der Waals surface area contributed by atoms with E-state index in [0.29, 0.717) is 5.92 Å². The summed E-state index contributed by atoms with van der Waals surface area (Å²) in [6, 6.07) is 8.51. The van der Waals surface area contributed by atoms with Crippen LogP contribution < -0.4 is 10.6 Å². The summed E-state index contributed by atoms with van der Waals surface area (Å²) in [4.78, 5) is 2.32. The summed E-state index contributed by atoms with van der Waals surface area (Å²) in [6.45, 7) is 2.15. The lowest BCUT2D eigenvalue weighted by Gasteiger charge is -2.37. The van der Waals surface area contributed by atoms with Crippen LogP contribution in [0.15, 0.2) is 28.7 Å². The lowest BCUT2D eigenvalue weighted by molar-refractivity contribution is 0.238. The largest absolute Gasteiger partial charge is 0.396 e. The van der Waals surface area contributed by atoms with Crippen LogP contribution in [0, 0.1) is 5.92 Å². The van der Waals surface area contributed by atoms with Gasteiger partial charge in [-0.2, -0.15) is 0 Å². The molecule has 1 aromatic rings. The number of hydrogen-bond donors (Lipinski definition) is 2. The van der Waals surface area contributed by atoms with Crippen molar-refractivity contribution in [1.82, 2.24) is 0 Å². The average Bonchev–Trinajstić information content (AvgIpc) is 2.28. The van der Waals surface area contributed by atoms with Gasteiger partial charge in [0.15, 0.2) is 0 Å². The molecule has 1 aliphatic rings. The fraction of sp³-hybridized carbons (Fsp3) is 0.538. The Labute approximate surface area is 111 Å². The number of nitrogens with zero attached hydrogens (tertiary/aromatic N) is 1. The second kappa shape index (κ2) is 5.85. The number of anilines is 1. The maximum absolute atomic E-state index is 9.04. The summed E-state index contributed by atoms with van der Waals surface area (Å²) in [7, 11) is 0. The van der Waals surface area contributed by atoms with E-state index < -0.39 is 0 Å². The van der Waals surface area contributed by atoms with Crippen LogP contribution in [0.1, 0.15) is 12.8 Å². The minimum atomic E-state index is 0.208. The van der Waals surface area contributed by atoms with E-state index in [4.69, 9.17) is 10.8 Å². The van der Waals surface area contributed by atoms with Gasteiger partial charge in [-0.25, -0.2) is 0 Å². The molecular formula is C13H19BrN2O. The van der Waals surface area contributed by atoms with Crippen molar-refractivity contribution in [1.29, 1.82) is 0 Å². The zero-order chi connectivity index (χ0) is 12.3. The highest BCUT2D eigenvalue weighted by Crippen LogP contribution is 2.26. The molecule has 3 N–H and O–H groups in total. The molecule has 0 saturated carbocycles. The van der Waals surface area contributed by atoms with Gasteiger partial charge in [-0.05, 0) is 37.0 Å². The van der Waals surface area contributed by atoms with Crippen molar-refractivity contribution in [3.05, 3.63) is 28.7 Å². The Hall–Kier alpha value is -0.580. The normalized spacial score (nSPS) is 25.0. The van der Waals surface area contributed by atoms with Gasteiger partial charge in [0.2, 0.25) is 0 Å². The monoisotopic (exact) mass is 298 g/mol. The van der Waals surface area contributed by atoms with E-state index >= 15 is 0 Å². The van der Waals surface area contributed by atoms with Gasteiger partial charge in [0.05, 0.1) is 0 Å². The van der Waals surface area contributed by atoms with Gasteiger partial charge in [-0.1, -0.05) is 22.0 Å². The molecule has 2 rings (SSSR count). The first-order valence-electron chi connectivity index (χ1n) is 6.06. The van der Waals surface area contributed by atoms with Gasteiger partial charge in [0.25, 0.3) is 0 Å². The van der Waals surface area contributed by atoms with Crippen LogP contribution in [0.5, 0.6) is 0 Å². The Morgan fingerprint density at radius 2 is 2.24 bits per heavy atom. The van der Waals surface area contributed by atoms with E-state index in [1.54, 1.807) is 0 Å². The third-order valence-electron chi connectivity index (χ3n) is 3.28. The minimum absolute atomic E-state index is 0.208. The Bertz CT molecular complexity index is 372. The number of halogens is 1. The molecule has 0 spiro atoms. The van der Waals surface area contributed by atoms with E-state index in [1.165, 1.54) is 5.69 Å². The van der Waals surface area contributed by atoms with Gasteiger partial charge < -0.3 is 15.7 Å². The molecule has 1 heterocycles. The first kappa shape index (κ1) is 12.9. The van der Waals surface area contributed by atoms with Crippen LogP contribution in [0.25, 0.3) is 0 Å². The molecule has 2 unspecified atom stereocenters. The van der Waals surface area contributed by atoms with Crippen LogP contribution in [-0.4, -0.2) is 30.8 Å². The molecule has 0 amide bonds. The van der Waals surface area contributed by atoms with Crippen molar-refractivity contribution < 1.29 is 5.11 Å². The van der Waals surface area contributed by atoms with E-state index in [9.17, 15) is 0 Å². The first-order chi connectivity index (χ1) is 8.19. The highest BCUT2D eigenvalue weighted by atomic mass is 79.9. The van der Waals surface area contributed by atoms with E-state index in [0.717, 1.165) is 30.4 Å². The molecule has 0 bridgehead atoms. The van der Waals surface area contributed by atoms with Gasteiger partial charge >= 0.3 is 0 Å². The smallest absolute Gasteiger partial charge is 0.0434 e. The highest BCUT2D eigenvalue weighted by molar-refractivity contribution is 9.10. The van der Waals surface area contributed by atoms with Crippen LogP contribution in [0.3, 0.4) is 0 Å². The van der Waals surface area contributed by atoms with Gasteiger partial charge in [0.1, 0.15) is 0 Å². The van der Waals surface area contributed by atoms with E-state index in [2.05, 4.69) is 33.0 Å². The van der Waals surface area contributed by atoms with Gasteiger partial charge in [-0.3, -0.25) is 0 Å². The maximum Gasteiger partial charge on any atom is 0.0434 e. The second-order valence-electron chi connectivity index (χ2n) is 4.76. The number of aliphatic hydroxyl groups excluding tert-OH is 1. The SMILES string of the molecule is NC1CC(CCO)CN(c2cccc(Br)c2)C1. The number of nitrogens with two attached hydrogens (primary N) is 1. The molecule has 0 aromatic heterocycles. The van der Waals surface area contributed by atoms with Gasteiger partial charge in [0, 0.05) is 35.9 Å². The molecule has 4 heteroatoms. The predicted octanol–water partition coefficient (Wildman–Crippen LogP) is 1.99. The van der Waals surface area contributed by atoms with E-state index in [-0.39, 0.29) is 12.6 Å². The van der Waals surface area contributed by atoms with Crippen molar-refractivity contribution in [2.75, 3.05) is 24.6 Å². The van der Waals surface area contributed by atoms with Crippen molar-refractivity contribution >= 4 is 21.6 Å². The third-order valence-corrected chi connectivity index (χ3v) is 3.77. The number of aliphatic hydroxyl groups is 1. The van der Waals surface area contributed by atoms with Crippen molar-refractivity contribution in [3.63, 3.8) is 0 Å². The Morgan fingerprint density at radius 3 is 2.94 bits per heavy atom. The predicted molar refractivity (Wildman–Crippen MR) is 74.1 cm³/mol. The van der Waals surface area contributed by atoms with Crippen LogP contribution in [-0.2, 0) is 0 Å². The molecule has 3 nitrogen and oxygen atoms in total. The summed E-state index contributed by atoms with van der Waals surface area (Å²) in [6.07, 6.45) is 1.86. The number of piperidine rings is 1. The minimum Gasteiger partial charge on any atom is -0.396 e. The fourth-order valence-electron chi connectivity index (χ4n) is 2.52. The summed E-state index contributed by atoms with van der Waals surface area (Å²) in [5.74, 6) is 0.503. The zero-order valence-corrected chi connectivity index (χ0v) is 11.4. The summed E-state index contributed by atoms with van der Waals surface area (Å²) < 4.78 is 1.09. The Morgan fingerprint density at radius 1 is 1.41 bits per heavy atom. The highest BCUT2D eigenvalue weighted by Gasteiger charge is 2.24. The molecule has 0 aliphatic carbocycles. The van der Waals surface area contributed by atoms with Crippen molar-refractivity contribution in [2.24, 2.45) is 11.7 Å². The molecule has 94 valence electrons. The van der Waals surface area contributed by atoms with Crippen molar-refractivity contribution in [2.45, 2.75) is 18.9 Å². The summed E-state index contributed by atoms with van der Waals surface area (Å²) in [5.41, 5.74) is 7.29. The average molecular weight is 299 g/mol. The molecule has 1 aromatic carbocycles. The van der Waals surface area contributed by atoms with Crippen molar-refractivity contribution in [3.8, 4) is 0 Å². The van der Waals surface area contributed by atoms with Crippen LogP contribution in [0.2, 0.25) is 0 Å². The Kier molecular flexibility index (Phi) is 4.42. The molecule has 1 aliphatic heterocycles. The third kappa shape index (κ3) is 3.44. The zero-order valence-electron chi connectivity index (χ0n) is 9.85. The molecular weight excluding hydrogens is 280 g/mol. The lowest BCUT2D eigenvalue weighted by Crippen LogP contribution is -2.47. The first-order valence-corrected chi connectivity index (χ1v) is 6.85. The summed E-state index contributed by atoms with van der Waals surface area (Å²) >= 11 is 3.49. The lowest BCUT2D eigenvalue weighted by atomic mass is 9.92. The maximum atomic E-state index is 9.04. The topological polar surface area (TPSA) is 49.5 Å². The van der Waals surface area contributed by atoms with Gasteiger partial charge in [-0.15, -0.1) is 0 Å². The molecule has 1 saturated heterocycles. The van der Waals surface area contributed by atoms with Crippen LogP contribution >= 0.6 is 15.9 Å². The molecule has 2 atom stereocenters. The Balaban J connectivity index is 2.09.